The first-order chi connectivity index (χ1) is 0. The topological polar surface area (TPSA) is 0 Å². The molecule has 0 bridgehead atoms. The number of hydrogen-bond donors (Lipinski definition) is 0. The van der Waals surface area contributed by atoms with Gasteiger partial charge in [0.25, 0.3) is 0 Å². The van der Waals surface area contributed by atoms with Crippen LogP contribution >= 0.6 is 0 Å². The zero-order valence-corrected chi connectivity index (χ0v) is 7.58. The van der Waals surface area contributed by atoms with Crippen molar-refractivity contribution < 1.29 is 68.3 Å². The van der Waals surface area contributed by atoms with E-state index in [0.29, 0.717) is 0 Å². The molecule has 4 heteroatoms. The second-order valence-electron chi connectivity index (χ2n) is 0. The smallest absolute Gasteiger partial charge is 1.00 e. The van der Waals surface area contributed by atoms with E-state index in [0.717, 1.165) is 0 Å². The van der Waals surface area contributed by atoms with E-state index >= 15 is 0 Å². The Morgan fingerprint density at radius 1 is 0.500 bits per heavy atom. The van der Waals surface area contributed by atoms with Gasteiger partial charge in [0.15, 0.2) is 0 Å². The van der Waals surface area contributed by atoms with Crippen molar-refractivity contribution in [3.05, 3.63) is 0 Å². The third kappa shape index (κ3) is 9.02. The summed E-state index contributed by atoms with van der Waals surface area (Å²) in [4.78, 5) is 0. The molecule has 0 spiro atoms. The molecule has 0 aliphatic carbocycles. The molecule has 0 saturated heterocycles. The van der Waals surface area contributed by atoms with E-state index in [1.807, 2.05) is 0 Å². The predicted molar refractivity (Wildman–Crippen MR) is 0 cm³/mol. The predicted octanol–water partition coefficient (Wildman–Crippen LogP) is -8.99. The minimum Gasteiger partial charge on any atom is -1.00 e. The molecule has 0 aliphatic heterocycles. The molecule has 0 saturated carbocycles. The van der Waals surface area contributed by atoms with Crippen LogP contribution in [0.5, 0.6) is 0 Å². The van der Waals surface area contributed by atoms with Crippen LogP contribution in [0.15, 0.2) is 0 Å². The van der Waals surface area contributed by atoms with Gasteiger partial charge in [0, 0.05) is 0 Å². The van der Waals surface area contributed by atoms with Gasteiger partial charge in [0.2, 0.25) is 0 Å². The van der Waals surface area contributed by atoms with Crippen molar-refractivity contribution in [1.82, 2.24) is 0 Å². The van der Waals surface area contributed by atoms with E-state index in [-0.39, 0.29) is 68.3 Å². The summed E-state index contributed by atoms with van der Waals surface area (Å²) in [7, 11) is 0. The number of rotatable bonds is 0. The first-order valence-corrected chi connectivity index (χ1v) is 0. The zero-order chi connectivity index (χ0) is 0. The average molecular weight is 292 g/mol. The Bertz CT molecular complexity index is 3.25. The molecule has 0 atom stereocenters. The molecule has 28 valence electrons. The van der Waals surface area contributed by atoms with Gasteiger partial charge in [-0.05, 0) is 0 Å². The Balaban J connectivity index is 0. The third-order valence-corrected chi connectivity index (χ3v) is 0. The third-order valence-electron chi connectivity index (χ3n) is 0. The molecule has 4 heavy (non-hydrogen) atoms. The fourth-order valence-corrected chi connectivity index (χ4v) is 0. The van der Waals surface area contributed by atoms with Gasteiger partial charge in [-0.3, -0.25) is 0 Å². The van der Waals surface area contributed by atoms with E-state index in [1.165, 1.54) is 0 Å². The maximum atomic E-state index is 0. The Morgan fingerprint density at radius 2 is 0.500 bits per heavy atom. The molecule has 0 amide bonds. The molecule has 0 aromatic rings. The van der Waals surface area contributed by atoms with Crippen LogP contribution in [0, 0.1) is 0 Å². The Kier molecular flexibility index (Phi) is 191. The van der Waals surface area contributed by atoms with Crippen molar-refractivity contribution in [3.8, 4) is 0 Å². The minimum atomic E-state index is 0. The molecule has 0 aliphatic rings. The molecule has 0 nitrogen and oxygen atoms in total. The van der Waals surface area contributed by atoms with Crippen molar-refractivity contribution in [2.75, 3.05) is 0 Å². The summed E-state index contributed by atoms with van der Waals surface area (Å²) in [6, 6.07) is 0. The van der Waals surface area contributed by atoms with Crippen LogP contribution in [0.1, 0.15) is 0 Å². The van der Waals surface area contributed by atoms with Gasteiger partial charge >= 0.3 is 17.4 Å². The summed E-state index contributed by atoms with van der Waals surface area (Å²) < 4.78 is 0. The maximum Gasteiger partial charge on any atom is 2.00 e. The number of halogens is 3. The summed E-state index contributed by atoms with van der Waals surface area (Å²) in [5.74, 6) is 0. The van der Waals surface area contributed by atoms with Crippen LogP contribution in [0.2, 0.25) is 0 Å². The molecule has 0 unspecified atom stereocenters. The molecule has 0 radical (unpaired) electrons. The van der Waals surface area contributed by atoms with Crippen LogP contribution in [0.25, 0.3) is 0 Å². The van der Waals surface area contributed by atoms with Crippen molar-refractivity contribution in [2.24, 2.45) is 0 Å². The largest absolute Gasteiger partial charge is 2.00 e. The van der Waals surface area contributed by atoms with E-state index in [1.54, 1.807) is 0 Å². The van der Waals surface area contributed by atoms with E-state index in [9.17, 15) is 0 Å². The van der Waals surface area contributed by atoms with Gasteiger partial charge < -0.3 is 50.9 Å². The second kappa shape index (κ2) is 20.2. The van der Waals surface area contributed by atoms with Gasteiger partial charge in [-0.15, -0.1) is 0 Å². The van der Waals surface area contributed by atoms with Gasteiger partial charge in [0.05, 0.1) is 0 Å². The van der Waals surface area contributed by atoms with Crippen molar-refractivity contribution in [3.63, 3.8) is 0 Å². The molecule has 0 aromatic carbocycles. The first kappa shape index (κ1) is 38.0. The quantitative estimate of drug-likeness (QED) is 0.416. The molecular weight excluding hydrogens is 292 g/mol. The molecule has 0 fully saturated rings. The first-order valence-electron chi connectivity index (χ1n) is 0. The SMILES string of the molecule is [Br-].[Br-].[Br-].[Cr+2]. The monoisotopic (exact) mass is 289 g/mol. The van der Waals surface area contributed by atoms with Gasteiger partial charge in [-0.1, -0.05) is 0 Å². The van der Waals surface area contributed by atoms with Gasteiger partial charge in [0.1, 0.15) is 0 Å². The molecule has 0 aromatic heterocycles. The second-order valence-corrected chi connectivity index (χ2v) is 0. The van der Waals surface area contributed by atoms with Crippen LogP contribution in [0.3, 0.4) is 0 Å². The fraction of sp³-hybridized carbons (Fsp3) is 0. The van der Waals surface area contributed by atoms with Crippen LogP contribution in [-0.2, 0) is 17.4 Å². The maximum absolute atomic E-state index is 0. The van der Waals surface area contributed by atoms with Crippen molar-refractivity contribution >= 4 is 0 Å². The number of hydrogen-bond acceptors (Lipinski definition) is 0. The van der Waals surface area contributed by atoms with Gasteiger partial charge in [-0.25, -0.2) is 0 Å². The standard InChI is InChI=1S/3BrH.Cr/h3*1H;/q;;;+2/p-3. The molecule has 0 N–H and O–H groups in total. The van der Waals surface area contributed by atoms with E-state index in [4.69, 9.17) is 0 Å². The summed E-state index contributed by atoms with van der Waals surface area (Å²) in [6.07, 6.45) is 0. The summed E-state index contributed by atoms with van der Waals surface area (Å²) in [6.45, 7) is 0. The summed E-state index contributed by atoms with van der Waals surface area (Å²) in [5, 5.41) is 0. The Hall–Kier alpha value is 1.97. The Labute approximate surface area is 67.8 Å². The van der Waals surface area contributed by atoms with E-state index < -0.39 is 0 Å². The summed E-state index contributed by atoms with van der Waals surface area (Å²) in [5.41, 5.74) is 0. The van der Waals surface area contributed by atoms with Gasteiger partial charge in [-0.2, -0.15) is 0 Å². The Morgan fingerprint density at radius 3 is 0.500 bits per heavy atom. The molecular formula is Br3Cr-. The van der Waals surface area contributed by atoms with Crippen LogP contribution < -0.4 is 50.9 Å². The normalized spacial score (nSPS) is 0. The molecule has 0 rings (SSSR count). The molecule has 0 heterocycles. The van der Waals surface area contributed by atoms with E-state index in [2.05, 4.69) is 0 Å². The average Bonchev–Trinajstić information content (AvgIpc) is 0. The minimum absolute atomic E-state index is 0. The summed E-state index contributed by atoms with van der Waals surface area (Å²) >= 11 is 0. The van der Waals surface area contributed by atoms with Crippen molar-refractivity contribution in [2.45, 2.75) is 0 Å². The fourth-order valence-electron chi connectivity index (χ4n) is 0. The van der Waals surface area contributed by atoms with Crippen LogP contribution in [0.4, 0.5) is 0 Å². The van der Waals surface area contributed by atoms with Crippen LogP contribution in [-0.4, -0.2) is 0 Å². The zero-order valence-electron chi connectivity index (χ0n) is 1.54. The van der Waals surface area contributed by atoms with Crippen molar-refractivity contribution in [1.29, 1.82) is 0 Å².